The summed E-state index contributed by atoms with van der Waals surface area (Å²) in [4.78, 5) is 2.39. The molecule has 0 saturated carbocycles. The molecule has 1 fully saturated rings. The average molecular weight is 615 g/mol. The van der Waals surface area contributed by atoms with Gasteiger partial charge in [0.15, 0.2) is 5.60 Å². The van der Waals surface area contributed by atoms with Gasteiger partial charge in [-0.05, 0) is 58.0 Å². The summed E-state index contributed by atoms with van der Waals surface area (Å²) in [7, 11) is 0. The van der Waals surface area contributed by atoms with E-state index in [0.717, 1.165) is 53.0 Å². The topological polar surface area (TPSA) is 21.7 Å². The van der Waals surface area contributed by atoms with Crippen molar-refractivity contribution in [3.63, 3.8) is 0 Å². The summed E-state index contributed by atoms with van der Waals surface area (Å²) in [5.74, 6) is 0.939. The standard InChI is InChI=1S/C38H32BrNO2/c1-37(2)33-11-7-6-10-30(33)34-29-17-14-27(39)24-32(29)36-31(35(34)37)18-19-38(42-36,25-8-4-3-5-9-25)26-12-15-28(16-13-26)40-20-22-41-23-21-40/h3-19,24H,20-23H2,1-2H3. The molecule has 1 aliphatic carbocycles. The van der Waals surface area contributed by atoms with Crippen LogP contribution in [0.4, 0.5) is 5.69 Å². The summed E-state index contributed by atoms with van der Waals surface area (Å²) in [5, 5.41) is 2.35. The van der Waals surface area contributed by atoms with Crippen LogP contribution in [0.2, 0.25) is 0 Å². The fourth-order valence-electron chi connectivity index (χ4n) is 7.33. The van der Waals surface area contributed by atoms with Crippen LogP contribution in [0.15, 0.2) is 108 Å². The smallest absolute Gasteiger partial charge is 0.178 e. The summed E-state index contributed by atoms with van der Waals surface area (Å²) < 4.78 is 14.0. The van der Waals surface area contributed by atoms with Gasteiger partial charge in [-0.2, -0.15) is 0 Å². The third kappa shape index (κ3) is 3.75. The van der Waals surface area contributed by atoms with Gasteiger partial charge in [0, 0.05) is 50.7 Å². The Morgan fingerprint density at radius 2 is 1.48 bits per heavy atom. The summed E-state index contributed by atoms with van der Waals surface area (Å²) in [5.41, 5.74) is 9.04. The SMILES string of the molecule is CC1(C)c2ccccc2-c2c1c1c(c3cc(Br)ccc23)OC(c2ccccc2)(c2ccc(N3CCOCC3)cc2)C=C1. The molecular weight excluding hydrogens is 582 g/mol. The molecule has 2 aliphatic heterocycles. The number of hydrogen-bond acceptors (Lipinski definition) is 3. The molecule has 5 aromatic rings. The van der Waals surface area contributed by atoms with E-state index in [4.69, 9.17) is 9.47 Å². The Bertz CT molecular complexity index is 1870. The van der Waals surface area contributed by atoms with Crippen molar-refractivity contribution in [1.29, 1.82) is 0 Å². The third-order valence-corrected chi connectivity index (χ3v) is 9.87. The molecule has 0 radical (unpaired) electrons. The maximum absolute atomic E-state index is 7.42. The third-order valence-electron chi connectivity index (χ3n) is 9.38. The van der Waals surface area contributed by atoms with Crippen LogP contribution in [0.25, 0.3) is 28.0 Å². The van der Waals surface area contributed by atoms with Crippen molar-refractivity contribution >= 4 is 38.5 Å². The van der Waals surface area contributed by atoms with Crippen LogP contribution in [0, 0.1) is 0 Å². The number of morpholine rings is 1. The molecule has 8 rings (SSSR count). The summed E-state index contributed by atoms with van der Waals surface area (Å²) in [6, 6.07) is 35.0. The molecule has 0 N–H and O–H groups in total. The molecule has 2 heterocycles. The lowest BCUT2D eigenvalue weighted by molar-refractivity contribution is 0.122. The highest BCUT2D eigenvalue weighted by Gasteiger charge is 2.44. The number of fused-ring (bicyclic) bond motifs is 8. The van der Waals surface area contributed by atoms with E-state index in [2.05, 4.69) is 144 Å². The first kappa shape index (κ1) is 25.8. The molecule has 3 aliphatic rings. The monoisotopic (exact) mass is 613 g/mol. The van der Waals surface area contributed by atoms with E-state index < -0.39 is 5.60 Å². The Hall–Kier alpha value is -3.86. The quantitative estimate of drug-likeness (QED) is 0.202. The van der Waals surface area contributed by atoms with Crippen LogP contribution in [0.3, 0.4) is 0 Å². The van der Waals surface area contributed by atoms with Crippen molar-refractivity contribution in [2.45, 2.75) is 24.9 Å². The van der Waals surface area contributed by atoms with E-state index in [1.165, 1.54) is 38.9 Å². The van der Waals surface area contributed by atoms with E-state index in [1.54, 1.807) is 0 Å². The van der Waals surface area contributed by atoms with Gasteiger partial charge in [-0.15, -0.1) is 0 Å². The summed E-state index contributed by atoms with van der Waals surface area (Å²) >= 11 is 3.77. The lowest BCUT2D eigenvalue weighted by Crippen LogP contribution is -2.37. The maximum Gasteiger partial charge on any atom is 0.178 e. The van der Waals surface area contributed by atoms with Gasteiger partial charge in [-0.1, -0.05) is 109 Å². The van der Waals surface area contributed by atoms with Crippen LogP contribution in [0.5, 0.6) is 5.75 Å². The molecule has 0 bridgehead atoms. The van der Waals surface area contributed by atoms with Crippen LogP contribution in [-0.2, 0) is 15.8 Å². The van der Waals surface area contributed by atoms with E-state index >= 15 is 0 Å². The van der Waals surface area contributed by atoms with E-state index in [1.807, 2.05) is 0 Å². The van der Waals surface area contributed by atoms with Crippen molar-refractivity contribution < 1.29 is 9.47 Å². The Morgan fingerprint density at radius 3 is 2.26 bits per heavy atom. The van der Waals surface area contributed by atoms with Gasteiger partial charge in [0.25, 0.3) is 0 Å². The predicted octanol–water partition coefficient (Wildman–Crippen LogP) is 9.09. The first-order chi connectivity index (χ1) is 20.5. The molecule has 1 atom stereocenters. The minimum Gasteiger partial charge on any atom is -0.472 e. The fourth-order valence-corrected chi connectivity index (χ4v) is 7.69. The van der Waals surface area contributed by atoms with Crippen molar-refractivity contribution in [1.82, 2.24) is 0 Å². The zero-order valence-electron chi connectivity index (χ0n) is 23.9. The Balaban J connectivity index is 1.36. The molecule has 1 saturated heterocycles. The van der Waals surface area contributed by atoms with Crippen molar-refractivity contribution in [3.05, 3.63) is 135 Å². The zero-order chi connectivity index (χ0) is 28.5. The lowest BCUT2D eigenvalue weighted by atomic mass is 9.77. The van der Waals surface area contributed by atoms with E-state index in [0.29, 0.717) is 0 Å². The van der Waals surface area contributed by atoms with Gasteiger partial charge in [0.1, 0.15) is 5.75 Å². The number of rotatable bonds is 3. The lowest BCUT2D eigenvalue weighted by Gasteiger charge is -2.38. The van der Waals surface area contributed by atoms with Crippen molar-refractivity contribution in [2.24, 2.45) is 0 Å². The van der Waals surface area contributed by atoms with Gasteiger partial charge in [-0.25, -0.2) is 0 Å². The summed E-state index contributed by atoms with van der Waals surface area (Å²) in [6.07, 6.45) is 4.60. The molecule has 5 aromatic carbocycles. The van der Waals surface area contributed by atoms with Gasteiger partial charge < -0.3 is 14.4 Å². The second-order valence-corrected chi connectivity index (χ2v) is 13.0. The largest absolute Gasteiger partial charge is 0.472 e. The second kappa shape index (κ2) is 9.58. The van der Waals surface area contributed by atoms with Gasteiger partial charge in [-0.3, -0.25) is 0 Å². The molecule has 208 valence electrons. The first-order valence-electron chi connectivity index (χ1n) is 14.7. The molecule has 0 amide bonds. The van der Waals surface area contributed by atoms with Crippen LogP contribution >= 0.6 is 15.9 Å². The second-order valence-electron chi connectivity index (χ2n) is 12.0. The number of halogens is 1. The minimum atomic E-state index is -0.767. The molecule has 4 heteroatoms. The molecule has 0 spiro atoms. The predicted molar refractivity (Wildman–Crippen MR) is 176 cm³/mol. The Morgan fingerprint density at radius 1 is 0.762 bits per heavy atom. The van der Waals surface area contributed by atoms with Gasteiger partial charge in [0.2, 0.25) is 0 Å². The van der Waals surface area contributed by atoms with Gasteiger partial charge >= 0.3 is 0 Å². The van der Waals surface area contributed by atoms with Crippen LogP contribution in [0.1, 0.15) is 41.7 Å². The van der Waals surface area contributed by atoms with Gasteiger partial charge in [0.05, 0.1) is 13.2 Å². The number of hydrogen-bond donors (Lipinski definition) is 0. The highest BCUT2D eigenvalue weighted by molar-refractivity contribution is 9.10. The number of benzene rings is 5. The minimum absolute atomic E-state index is 0.155. The van der Waals surface area contributed by atoms with Crippen LogP contribution in [-0.4, -0.2) is 26.3 Å². The molecule has 42 heavy (non-hydrogen) atoms. The zero-order valence-corrected chi connectivity index (χ0v) is 25.4. The van der Waals surface area contributed by atoms with Crippen molar-refractivity contribution in [3.8, 4) is 16.9 Å². The average Bonchev–Trinajstić information content (AvgIpc) is 3.28. The molecular formula is C38H32BrNO2. The normalized spacial score (nSPS) is 20.1. The molecule has 0 aromatic heterocycles. The highest BCUT2D eigenvalue weighted by atomic mass is 79.9. The first-order valence-corrected chi connectivity index (χ1v) is 15.5. The number of anilines is 1. The Kier molecular flexibility index (Phi) is 5.89. The molecule has 1 unspecified atom stereocenters. The Labute approximate surface area is 255 Å². The number of nitrogens with zero attached hydrogens (tertiary/aromatic N) is 1. The maximum atomic E-state index is 7.42. The van der Waals surface area contributed by atoms with Crippen molar-refractivity contribution in [2.75, 3.05) is 31.2 Å². The van der Waals surface area contributed by atoms with E-state index in [9.17, 15) is 0 Å². The number of ether oxygens (including phenoxy) is 2. The molecule has 3 nitrogen and oxygen atoms in total. The summed E-state index contributed by atoms with van der Waals surface area (Å²) in [6.45, 7) is 8.06. The van der Waals surface area contributed by atoms with Crippen LogP contribution < -0.4 is 9.64 Å². The fraction of sp³-hybridized carbons (Fsp3) is 0.211. The highest BCUT2D eigenvalue weighted by Crippen LogP contribution is 2.58. The van der Waals surface area contributed by atoms with E-state index in [-0.39, 0.29) is 5.41 Å².